The highest BCUT2D eigenvalue weighted by Gasteiger charge is 2.16. The average molecular weight is 321 g/mol. The smallest absolute Gasteiger partial charge is 0.231 e. The van der Waals surface area contributed by atoms with Crippen LogP contribution >= 0.6 is 15.9 Å². The number of nitrogens with one attached hydrogen (secondary N) is 1. The molecule has 19 heavy (non-hydrogen) atoms. The van der Waals surface area contributed by atoms with E-state index >= 15 is 0 Å². The summed E-state index contributed by atoms with van der Waals surface area (Å²) in [6.45, 7) is 2.91. The van der Waals surface area contributed by atoms with E-state index in [2.05, 4.69) is 26.2 Å². The Morgan fingerprint density at radius 2 is 2.16 bits per heavy atom. The lowest BCUT2D eigenvalue weighted by atomic mass is 10.2. The van der Waals surface area contributed by atoms with Gasteiger partial charge < -0.3 is 14.8 Å². The highest BCUT2D eigenvalue weighted by atomic mass is 79.9. The molecule has 0 saturated heterocycles. The molecule has 0 radical (unpaired) electrons. The fraction of sp³-hybridized carbons (Fsp3) is 0.214. The van der Waals surface area contributed by atoms with Gasteiger partial charge in [0.1, 0.15) is 5.82 Å². The fourth-order valence-electron chi connectivity index (χ4n) is 1.96. The van der Waals surface area contributed by atoms with Gasteiger partial charge in [0.15, 0.2) is 11.5 Å². The minimum atomic E-state index is 0.294. The molecule has 0 aliphatic carbocycles. The number of hydrogen-bond acceptors (Lipinski definition) is 4. The highest BCUT2D eigenvalue weighted by molar-refractivity contribution is 9.10. The molecule has 0 bridgehead atoms. The SMILES string of the molecule is Cc1nc(NCc2cccc3c2OCO3)ccc1Br. The van der Waals surface area contributed by atoms with Gasteiger partial charge in [0.05, 0.1) is 5.69 Å². The lowest BCUT2D eigenvalue weighted by Crippen LogP contribution is -2.03. The molecule has 0 fully saturated rings. The fourth-order valence-corrected chi connectivity index (χ4v) is 2.18. The minimum absolute atomic E-state index is 0.294. The van der Waals surface area contributed by atoms with Gasteiger partial charge in [0, 0.05) is 16.6 Å². The second-order valence-electron chi connectivity index (χ2n) is 4.27. The maximum absolute atomic E-state index is 5.47. The summed E-state index contributed by atoms with van der Waals surface area (Å²) in [6, 6.07) is 9.82. The second-order valence-corrected chi connectivity index (χ2v) is 5.12. The summed E-state index contributed by atoms with van der Waals surface area (Å²) in [7, 11) is 0. The van der Waals surface area contributed by atoms with Crippen molar-refractivity contribution in [2.45, 2.75) is 13.5 Å². The summed E-state index contributed by atoms with van der Waals surface area (Å²) in [4.78, 5) is 4.45. The number of rotatable bonds is 3. The van der Waals surface area contributed by atoms with Crippen molar-refractivity contribution in [3.05, 3.63) is 46.1 Å². The molecule has 1 aromatic heterocycles. The Hall–Kier alpha value is -1.75. The van der Waals surface area contributed by atoms with Crippen LogP contribution in [0.2, 0.25) is 0 Å². The molecule has 3 rings (SSSR count). The summed E-state index contributed by atoms with van der Waals surface area (Å²) in [5.74, 6) is 2.47. The summed E-state index contributed by atoms with van der Waals surface area (Å²) in [6.07, 6.45) is 0. The van der Waals surface area contributed by atoms with E-state index in [-0.39, 0.29) is 0 Å². The van der Waals surface area contributed by atoms with Crippen molar-refractivity contribution in [1.82, 2.24) is 4.98 Å². The molecule has 0 spiro atoms. The largest absolute Gasteiger partial charge is 0.454 e. The quantitative estimate of drug-likeness (QED) is 0.940. The minimum Gasteiger partial charge on any atom is -0.454 e. The number of aryl methyl sites for hydroxylation is 1. The summed E-state index contributed by atoms with van der Waals surface area (Å²) >= 11 is 3.44. The van der Waals surface area contributed by atoms with Crippen LogP contribution in [0.5, 0.6) is 11.5 Å². The lowest BCUT2D eigenvalue weighted by molar-refractivity contribution is 0.173. The van der Waals surface area contributed by atoms with E-state index in [9.17, 15) is 0 Å². The van der Waals surface area contributed by atoms with Crippen LogP contribution in [0.3, 0.4) is 0 Å². The van der Waals surface area contributed by atoms with Gasteiger partial charge >= 0.3 is 0 Å². The van der Waals surface area contributed by atoms with Crippen LogP contribution in [0.15, 0.2) is 34.8 Å². The third-order valence-electron chi connectivity index (χ3n) is 2.96. The molecule has 4 nitrogen and oxygen atoms in total. The monoisotopic (exact) mass is 320 g/mol. The molecule has 1 aliphatic rings. The summed E-state index contributed by atoms with van der Waals surface area (Å²) in [5.41, 5.74) is 2.03. The topological polar surface area (TPSA) is 43.4 Å². The van der Waals surface area contributed by atoms with Crippen molar-refractivity contribution >= 4 is 21.7 Å². The normalized spacial score (nSPS) is 12.5. The van der Waals surface area contributed by atoms with Gasteiger partial charge in [-0.1, -0.05) is 12.1 Å². The van der Waals surface area contributed by atoms with Crippen molar-refractivity contribution in [2.24, 2.45) is 0 Å². The zero-order chi connectivity index (χ0) is 13.2. The zero-order valence-corrected chi connectivity index (χ0v) is 12.0. The van der Waals surface area contributed by atoms with Crippen LogP contribution in [0.25, 0.3) is 0 Å². The van der Waals surface area contributed by atoms with E-state index < -0.39 is 0 Å². The van der Waals surface area contributed by atoms with Crippen LogP contribution < -0.4 is 14.8 Å². The maximum atomic E-state index is 5.47. The van der Waals surface area contributed by atoms with E-state index in [0.717, 1.165) is 33.0 Å². The molecule has 2 aromatic rings. The molecule has 0 saturated carbocycles. The van der Waals surface area contributed by atoms with E-state index in [4.69, 9.17) is 9.47 Å². The highest BCUT2D eigenvalue weighted by Crippen LogP contribution is 2.35. The average Bonchev–Trinajstić information content (AvgIpc) is 2.89. The predicted molar refractivity (Wildman–Crippen MR) is 76.6 cm³/mol. The Morgan fingerprint density at radius 3 is 3.00 bits per heavy atom. The second kappa shape index (κ2) is 5.09. The Labute approximate surface area is 119 Å². The first-order valence-corrected chi connectivity index (χ1v) is 6.78. The Morgan fingerprint density at radius 1 is 1.26 bits per heavy atom. The number of hydrogen-bond donors (Lipinski definition) is 1. The third-order valence-corrected chi connectivity index (χ3v) is 3.80. The summed E-state index contributed by atoms with van der Waals surface area (Å²) in [5, 5.41) is 3.29. The lowest BCUT2D eigenvalue weighted by Gasteiger charge is -2.09. The number of nitrogens with zero attached hydrogens (tertiary/aromatic N) is 1. The van der Waals surface area contributed by atoms with Gasteiger partial charge in [-0.05, 0) is 41.1 Å². The van der Waals surface area contributed by atoms with Gasteiger partial charge in [0.2, 0.25) is 6.79 Å². The van der Waals surface area contributed by atoms with Crippen LogP contribution in [0.4, 0.5) is 5.82 Å². The maximum Gasteiger partial charge on any atom is 0.231 e. The van der Waals surface area contributed by atoms with Crippen molar-refractivity contribution in [3.8, 4) is 11.5 Å². The first kappa shape index (κ1) is 12.3. The van der Waals surface area contributed by atoms with Gasteiger partial charge in [0.25, 0.3) is 0 Å². The van der Waals surface area contributed by atoms with Crippen molar-refractivity contribution in [1.29, 1.82) is 0 Å². The Kier molecular flexibility index (Phi) is 3.29. The first-order chi connectivity index (χ1) is 9.24. The summed E-state index contributed by atoms with van der Waals surface area (Å²) < 4.78 is 11.8. The van der Waals surface area contributed by atoms with Crippen molar-refractivity contribution < 1.29 is 9.47 Å². The van der Waals surface area contributed by atoms with Gasteiger partial charge in [-0.3, -0.25) is 0 Å². The van der Waals surface area contributed by atoms with Crippen LogP contribution in [0, 0.1) is 6.92 Å². The van der Waals surface area contributed by atoms with Crippen LogP contribution in [-0.2, 0) is 6.54 Å². The molecule has 98 valence electrons. The molecule has 0 unspecified atom stereocenters. The zero-order valence-electron chi connectivity index (χ0n) is 10.4. The molecule has 0 amide bonds. The molecule has 1 aromatic carbocycles. The van der Waals surface area contributed by atoms with Crippen molar-refractivity contribution in [3.63, 3.8) is 0 Å². The number of fused-ring (bicyclic) bond motifs is 1. The number of anilines is 1. The molecular weight excluding hydrogens is 308 g/mol. The standard InChI is InChI=1S/C14H13BrN2O2/c1-9-11(15)5-6-13(17-9)16-7-10-3-2-4-12-14(10)19-8-18-12/h2-6H,7-8H2,1H3,(H,16,17). The first-order valence-electron chi connectivity index (χ1n) is 5.98. The van der Waals surface area contributed by atoms with Crippen LogP contribution in [0.1, 0.15) is 11.3 Å². The Balaban J connectivity index is 1.76. The van der Waals surface area contributed by atoms with Gasteiger partial charge in [-0.2, -0.15) is 0 Å². The van der Waals surface area contributed by atoms with Crippen LogP contribution in [-0.4, -0.2) is 11.8 Å². The molecule has 1 aliphatic heterocycles. The molecule has 2 heterocycles. The van der Waals surface area contributed by atoms with E-state index in [1.165, 1.54) is 0 Å². The third kappa shape index (κ3) is 2.51. The molecule has 1 N–H and O–H groups in total. The molecule has 0 atom stereocenters. The number of benzene rings is 1. The molecular formula is C14H13BrN2O2. The van der Waals surface area contributed by atoms with E-state index in [0.29, 0.717) is 13.3 Å². The van der Waals surface area contributed by atoms with E-state index in [1.54, 1.807) is 0 Å². The van der Waals surface area contributed by atoms with Gasteiger partial charge in [-0.25, -0.2) is 4.98 Å². The number of aromatic nitrogens is 1. The van der Waals surface area contributed by atoms with Crippen molar-refractivity contribution in [2.75, 3.05) is 12.1 Å². The number of ether oxygens (including phenoxy) is 2. The number of para-hydroxylation sites is 1. The van der Waals surface area contributed by atoms with Gasteiger partial charge in [-0.15, -0.1) is 0 Å². The van der Waals surface area contributed by atoms with E-state index in [1.807, 2.05) is 37.3 Å². The predicted octanol–water partition coefficient (Wildman–Crippen LogP) is 3.49. The number of halogens is 1. The molecule has 5 heteroatoms. The number of pyridine rings is 1. The Bertz CT molecular complexity index is 616.